The second-order valence-corrected chi connectivity index (χ2v) is 4.94. The molecule has 94 valence electrons. The lowest BCUT2D eigenvalue weighted by molar-refractivity contribution is 0.111. The average Bonchev–Trinajstić information content (AvgIpc) is 2.95. The van der Waals surface area contributed by atoms with E-state index in [0.29, 0.717) is 18.1 Å². The lowest BCUT2D eigenvalue weighted by Crippen LogP contribution is -2.29. The Morgan fingerprint density at radius 2 is 2.50 bits per heavy atom. The summed E-state index contributed by atoms with van der Waals surface area (Å²) in [4.78, 5) is 18.5. The zero-order valence-electron chi connectivity index (χ0n) is 10.3. The Balaban J connectivity index is 2.41. The van der Waals surface area contributed by atoms with Gasteiger partial charge in [0.25, 0.3) is 0 Å². The maximum absolute atomic E-state index is 11.2. The lowest BCUT2D eigenvalue weighted by Gasteiger charge is -2.21. The summed E-state index contributed by atoms with van der Waals surface area (Å²) in [6.07, 6.45) is 2.66. The molecule has 1 atom stereocenters. The molecular weight excluding hydrogens is 248 g/mol. The highest BCUT2D eigenvalue weighted by atomic mass is 32.1. The standard InChI is InChI=1S/C12H14N4OS/c1-3-15(7-9(2)6-13)11-10(8-17)16-4-5-18-12(16)14-11/h4-5,8-9H,3,7H2,1-2H3. The number of carbonyl (C=O) groups is 1. The number of carbonyl (C=O) groups excluding carboxylic acids is 1. The summed E-state index contributed by atoms with van der Waals surface area (Å²) in [5, 5.41) is 10.8. The number of aromatic nitrogens is 2. The highest BCUT2D eigenvalue weighted by Crippen LogP contribution is 2.23. The van der Waals surface area contributed by atoms with Gasteiger partial charge in [0.05, 0.1) is 12.0 Å². The van der Waals surface area contributed by atoms with E-state index in [0.717, 1.165) is 17.8 Å². The number of hydrogen-bond acceptors (Lipinski definition) is 5. The fraction of sp³-hybridized carbons (Fsp3) is 0.417. The number of anilines is 1. The van der Waals surface area contributed by atoms with Crippen LogP contribution < -0.4 is 4.90 Å². The minimum atomic E-state index is -0.0933. The van der Waals surface area contributed by atoms with Crippen LogP contribution in [0.4, 0.5) is 5.82 Å². The first kappa shape index (κ1) is 12.6. The summed E-state index contributed by atoms with van der Waals surface area (Å²) in [5.41, 5.74) is 0.554. The number of hydrogen-bond donors (Lipinski definition) is 0. The molecule has 0 radical (unpaired) electrons. The maximum atomic E-state index is 11.2. The van der Waals surface area contributed by atoms with Gasteiger partial charge in [0.15, 0.2) is 17.1 Å². The van der Waals surface area contributed by atoms with Gasteiger partial charge >= 0.3 is 0 Å². The van der Waals surface area contributed by atoms with Crippen LogP contribution in [-0.2, 0) is 0 Å². The van der Waals surface area contributed by atoms with Crippen molar-refractivity contribution in [3.05, 3.63) is 17.3 Å². The molecule has 2 aromatic rings. The van der Waals surface area contributed by atoms with Crippen LogP contribution in [0.25, 0.3) is 4.96 Å². The fourth-order valence-electron chi connectivity index (χ4n) is 1.87. The molecule has 1 unspecified atom stereocenters. The summed E-state index contributed by atoms with van der Waals surface area (Å²) in [6.45, 7) is 5.16. The predicted molar refractivity (Wildman–Crippen MR) is 71.1 cm³/mol. The maximum Gasteiger partial charge on any atom is 0.196 e. The molecule has 0 aromatic carbocycles. The van der Waals surface area contributed by atoms with Gasteiger partial charge in [-0.15, -0.1) is 11.3 Å². The zero-order chi connectivity index (χ0) is 13.1. The Kier molecular flexibility index (Phi) is 3.63. The van der Waals surface area contributed by atoms with Gasteiger partial charge in [0, 0.05) is 24.7 Å². The summed E-state index contributed by atoms with van der Waals surface area (Å²) in [7, 11) is 0. The van der Waals surface area contributed by atoms with E-state index >= 15 is 0 Å². The van der Waals surface area contributed by atoms with Crippen LogP contribution >= 0.6 is 11.3 Å². The van der Waals surface area contributed by atoms with E-state index in [1.54, 1.807) is 4.40 Å². The third kappa shape index (κ3) is 2.09. The molecule has 0 aliphatic rings. The molecule has 5 nitrogen and oxygen atoms in total. The second kappa shape index (κ2) is 5.19. The Labute approximate surface area is 109 Å². The molecular formula is C12H14N4OS. The van der Waals surface area contributed by atoms with Crippen molar-refractivity contribution in [2.24, 2.45) is 5.92 Å². The molecule has 2 heterocycles. The first-order chi connectivity index (χ1) is 8.71. The van der Waals surface area contributed by atoms with E-state index in [4.69, 9.17) is 5.26 Å². The van der Waals surface area contributed by atoms with Crippen LogP contribution in [0.3, 0.4) is 0 Å². The van der Waals surface area contributed by atoms with Crippen molar-refractivity contribution in [3.8, 4) is 6.07 Å². The van der Waals surface area contributed by atoms with E-state index in [1.165, 1.54) is 11.3 Å². The Bertz CT molecular complexity index is 595. The summed E-state index contributed by atoms with van der Waals surface area (Å²) >= 11 is 1.49. The Morgan fingerprint density at radius 3 is 3.11 bits per heavy atom. The van der Waals surface area contributed by atoms with Crippen LogP contribution in [0.1, 0.15) is 24.3 Å². The van der Waals surface area contributed by atoms with Crippen molar-refractivity contribution in [1.29, 1.82) is 5.26 Å². The predicted octanol–water partition coefficient (Wildman–Crippen LogP) is 2.19. The quantitative estimate of drug-likeness (QED) is 0.775. The monoisotopic (exact) mass is 262 g/mol. The van der Waals surface area contributed by atoms with E-state index in [9.17, 15) is 4.79 Å². The molecule has 0 saturated heterocycles. The lowest BCUT2D eigenvalue weighted by atomic mass is 10.2. The minimum Gasteiger partial charge on any atom is -0.354 e. The van der Waals surface area contributed by atoms with Crippen molar-refractivity contribution < 1.29 is 4.79 Å². The molecule has 0 spiro atoms. The van der Waals surface area contributed by atoms with E-state index in [2.05, 4.69) is 11.1 Å². The largest absolute Gasteiger partial charge is 0.354 e. The van der Waals surface area contributed by atoms with Gasteiger partial charge in [-0.1, -0.05) is 0 Å². The topological polar surface area (TPSA) is 61.4 Å². The van der Waals surface area contributed by atoms with Gasteiger partial charge in [-0.3, -0.25) is 9.20 Å². The van der Waals surface area contributed by atoms with E-state index in [1.807, 2.05) is 30.3 Å². The number of nitrogens with zero attached hydrogens (tertiary/aromatic N) is 4. The number of fused-ring (bicyclic) bond motifs is 1. The second-order valence-electron chi connectivity index (χ2n) is 4.06. The molecule has 2 rings (SSSR count). The summed E-state index contributed by atoms with van der Waals surface area (Å²) < 4.78 is 1.78. The smallest absolute Gasteiger partial charge is 0.196 e. The highest BCUT2D eigenvalue weighted by molar-refractivity contribution is 7.15. The van der Waals surface area contributed by atoms with Crippen LogP contribution in [-0.4, -0.2) is 28.8 Å². The first-order valence-electron chi connectivity index (χ1n) is 5.76. The van der Waals surface area contributed by atoms with Crippen LogP contribution in [0.2, 0.25) is 0 Å². The Morgan fingerprint density at radius 1 is 1.72 bits per heavy atom. The van der Waals surface area contributed by atoms with Crippen LogP contribution in [0.5, 0.6) is 0 Å². The average molecular weight is 262 g/mol. The number of imidazole rings is 1. The number of rotatable bonds is 5. The molecule has 0 amide bonds. The van der Waals surface area contributed by atoms with Crippen molar-refractivity contribution in [3.63, 3.8) is 0 Å². The molecule has 0 bridgehead atoms. The van der Waals surface area contributed by atoms with Gasteiger partial charge in [0.2, 0.25) is 0 Å². The normalized spacial score (nSPS) is 12.3. The van der Waals surface area contributed by atoms with Crippen LogP contribution in [0, 0.1) is 17.2 Å². The van der Waals surface area contributed by atoms with Crippen LogP contribution in [0.15, 0.2) is 11.6 Å². The zero-order valence-corrected chi connectivity index (χ0v) is 11.1. The van der Waals surface area contributed by atoms with Crippen molar-refractivity contribution >= 4 is 28.4 Å². The van der Waals surface area contributed by atoms with Crippen molar-refractivity contribution in [2.45, 2.75) is 13.8 Å². The number of thiazole rings is 1. The van der Waals surface area contributed by atoms with E-state index < -0.39 is 0 Å². The molecule has 6 heteroatoms. The van der Waals surface area contributed by atoms with Gasteiger partial charge in [-0.05, 0) is 13.8 Å². The third-order valence-electron chi connectivity index (χ3n) is 2.79. The first-order valence-corrected chi connectivity index (χ1v) is 6.64. The fourth-order valence-corrected chi connectivity index (χ4v) is 2.59. The SMILES string of the molecule is CCN(CC(C)C#N)c1nc2sccn2c1C=O. The molecule has 0 aliphatic carbocycles. The minimum absolute atomic E-state index is 0.0933. The van der Waals surface area contributed by atoms with Crippen molar-refractivity contribution in [1.82, 2.24) is 9.38 Å². The third-order valence-corrected chi connectivity index (χ3v) is 3.54. The summed E-state index contributed by atoms with van der Waals surface area (Å²) in [5.74, 6) is 0.575. The molecule has 0 fully saturated rings. The Hall–Kier alpha value is -1.87. The van der Waals surface area contributed by atoms with Gasteiger partial charge in [-0.2, -0.15) is 5.26 Å². The summed E-state index contributed by atoms with van der Waals surface area (Å²) in [6, 6.07) is 2.20. The highest BCUT2D eigenvalue weighted by Gasteiger charge is 2.19. The molecule has 0 saturated carbocycles. The van der Waals surface area contributed by atoms with Gasteiger partial charge < -0.3 is 4.90 Å². The van der Waals surface area contributed by atoms with Crippen molar-refractivity contribution in [2.75, 3.05) is 18.0 Å². The van der Waals surface area contributed by atoms with Gasteiger partial charge in [-0.25, -0.2) is 4.98 Å². The molecule has 0 aliphatic heterocycles. The molecule has 0 N–H and O–H groups in total. The number of aldehydes is 1. The van der Waals surface area contributed by atoms with E-state index in [-0.39, 0.29) is 5.92 Å². The number of nitriles is 1. The van der Waals surface area contributed by atoms with Gasteiger partial charge in [0.1, 0.15) is 5.69 Å². The molecule has 2 aromatic heterocycles. The molecule has 18 heavy (non-hydrogen) atoms.